The summed E-state index contributed by atoms with van der Waals surface area (Å²) in [6.07, 6.45) is 2.05. The Bertz CT molecular complexity index is 539. The van der Waals surface area contributed by atoms with Crippen molar-refractivity contribution < 1.29 is 4.74 Å². The molecule has 0 aromatic carbocycles. The summed E-state index contributed by atoms with van der Waals surface area (Å²) in [6, 6.07) is 2.19. The Morgan fingerprint density at radius 2 is 2.11 bits per heavy atom. The van der Waals surface area contributed by atoms with Gasteiger partial charge in [-0.1, -0.05) is 13.8 Å². The lowest BCUT2D eigenvalue weighted by atomic mass is 10.3. The number of ether oxygens (including phenoxy) is 1. The molecule has 2 heterocycles. The smallest absolute Gasteiger partial charge is 0.158 e. The Morgan fingerprint density at radius 3 is 2.79 bits per heavy atom. The highest BCUT2D eigenvalue weighted by atomic mass is 32.1. The van der Waals surface area contributed by atoms with E-state index in [0.717, 1.165) is 47.9 Å². The fraction of sp³-hybridized carbons (Fsp3) is 0.571. The van der Waals surface area contributed by atoms with Crippen LogP contribution in [0.2, 0.25) is 0 Å². The summed E-state index contributed by atoms with van der Waals surface area (Å²) in [7, 11) is 0. The zero-order valence-corrected chi connectivity index (χ0v) is 12.6. The van der Waals surface area contributed by atoms with Gasteiger partial charge in [-0.15, -0.1) is 11.3 Å². The third-order valence-electron chi connectivity index (χ3n) is 2.76. The van der Waals surface area contributed by atoms with Gasteiger partial charge in [0, 0.05) is 18.0 Å². The minimum atomic E-state index is 0.488. The molecule has 0 spiro atoms. The van der Waals surface area contributed by atoms with E-state index in [-0.39, 0.29) is 0 Å². The summed E-state index contributed by atoms with van der Waals surface area (Å²) < 4.78 is 5.54. The van der Waals surface area contributed by atoms with Crippen molar-refractivity contribution in [2.75, 3.05) is 18.5 Å². The van der Waals surface area contributed by atoms with Gasteiger partial charge in [0.05, 0.1) is 5.39 Å². The van der Waals surface area contributed by atoms with E-state index in [2.05, 4.69) is 42.1 Å². The molecule has 0 aliphatic heterocycles. The molecule has 2 aromatic heterocycles. The second kappa shape index (κ2) is 6.82. The van der Waals surface area contributed by atoms with Crippen LogP contribution in [0.1, 0.15) is 37.9 Å². The predicted octanol–water partition coefficient (Wildman–Crippen LogP) is 3.61. The first-order valence-corrected chi connectivity index (χ1v) is 7.71. The van der Waals surface area contributed by atoms with Crippen LogP contribution in [0.4, 0.5) is 5.82 Å². The lowest BCUT2D eigenvalue weighted by molar-refractivity contribution is 0.116. The SMILES string of the molecule is CCCOCc1nc(NCC)c2cc(CC)sc2n1. The third-order valence-corrected chi connectivity index (χ3v) is 3.94. The van der Waals surface area contributed by atoms with E-state index in [4.69, 9.17) is 4.74 Å². The summed E-state index contributed by atoms with van der Waals surface area (Å²) in [4.78, 5) is 11.6. The van der Waals surface area contributed by atoms with Gasteiger partial charge in [-0.3, -0.25) is 0 Å². The van der Waals surface area contributed by atoms with Crippen molar-refractivity contribution >= 4 is 27.4 Å². The molecule has 0 fully saturated rings. The standard InChI is InChI=1S/C14H21N3OS/c1-4-7-18-9-12-16-13(15-6-3)11-8-10(5-2)19-14(11)17-12/h8H,4-7,9H2,1-3H3,(H,15,16,17). The number of hydrogen-bond donors (Lipinski definition) is 1. The van der Waals surface area contributed by atoms with Crippen LogP contribution in [-0.4, -0.2) is 23.1 Å². The maximum Gasteiger partial charge on any atom is 0.158 e. The summed E-state index contributed by atoms with van der Waals surface area (Å²) in [6.45, 7) is 8.44. The molecule has 0 aliphatic rings. The number of nitrogens with zero attached hydrogens (tertiary/aromatic N) is 2. The quantitative estimate of drug-likeness (QED) is 0.786. The highest BCUT2D eigenvalue weighted by molar-refractivity contribution is 7.18. The maximum atomic E-state index is 5.54. The highest BCUT2D eigenvalue weighted by Gasteiger charge is 2.10. The molecule has 0 saturated heterocycles. The van der Waals surface area contributed by atoms with Gasteiger partial charge in [-0.05, 0) is 25.8 Å². The second-order valence-corrected chi connectivity index (χ2v) is 5.47. The van der Waals surface area contributed by atoms with Crippen LogP contribution in [0.25, 0.3) is 10.2 Å². The van der Waals surface area contributed by atoms with Crippen molar-refractivity contribution in [1.82, 2.24) is 9.97 Å². The van der Waals surface area contributed by atoms with Gasteiger partial charge in [0.25, 0.3) is 0 Å². The molecular formula is C14H21N3OS. The average Bonchev–Trinajstić information content (AvgIpc) is 2.83. The average molecular weight is 279 g/mol. The first-order valence-electron chi connectivity index (χ1n) is 6.89. The summed E-state index contributed by atoms with van der Waals surface area (Å²) in [5.74, 6) is 1.69. The number of fused-ring (bicyclic) bond motifs is 1. The summed E-state index contributed by atoms with van der Waals surface area (Å²) in [5, 5.41) is 4.45. The van der Waals surface area contributed by atoms with Gasteiger partial charge < -0.3 is 10.1 Å². The van der Waals surface area contributed by atoms with Crippen molar-refractivity contribution in [3.05, 3.63) is 16.8 Å². The van der Waals surface area contributed by atoms with Gasteiger partial charge >= 0.3 is 0 Å². The Morgan fingerprint density at radius 1 is 1.26 bits per heavy atom. The topological polar surface area (TPSA) is 47.0 Å². The normalized spacial score (nSPS) is 11.1. The van der Waals surface area contributed by atoms with Gasteiger partial charge in [0.1, 0.15) is 17.3 Å². The van der Waals surface area contributed by atoms with Crippen LogP contribution in [-0.2, 0) is 17.8 Å². The molecule has 104 valence electrons. The molecule has 0 bridgehead atoms. The van der Waals surface area contributed by atoms with Gasteiger partial charge in [-0.2, -0.15) is 0 Å². The number of anilines is 1. The maximum absolute atomic E-state index is 5.54. The van der Waals surface area contributed by atoms with Crippen LogP contribution >= 0.6 is 11.3 Å². The first kappa shape index (κ1) is 14.2. The van der Waals surface area contributed by atoms with E-state index >= 15 is 0 Å². The molecule has 4 nitrogen and oxygen atoms in total. The van der Waals surface area contributed by atoms with Gasteiger partial charge in [0.15, 0.2) is 5.82 Å². The fourth-order valence-electron chi connectivity index (χ4n) is 1.86. The van der Waals surface area contributed by atoms with E-state index in [1.165, 1.54) is 4.88 Å². The zero-order valence-electron chi connectivity index (χ0n) is 11.8. The fourth-order valence-corrected chi connectivity index (χ4v) is 2.85. The van der Waals surface area contributed by atoms with Crippen LogP contribution in [0.5, 0.6) is 0 Å². The monoisotopic (exact) mass is 279 g/mol. The van der Waals surface area contributed by atoms with Crippen molar-refractivity contribution in [3.63, 3.8) is 0 Å². The molecule has 0 radical (unpaired) electrons. The highest BCUT2D eigenvalue weighted by Crippen LogP contribution is 2.29. The van der Waals surface area contributed by atoms with Crippen LogP contribution in [0, 0.1) is 0 Å². The molecule has 1 N–H and O–H groups in total. The number of nitrogens with one attached hydrogen (secondary N) is 1. The lowest BCUT2D eigenvalue weighted by Crippen LogP contribution is -2.05. The molecule has 0 amide bonds. The van der Waals surface area contributed by atoms with Gasteiger partial charge in [-0.25, -0.2) is 9.97 Å². The molecule has 2 aromatic rings. The van der Waals surface area contributed by atoms with Gasteiger partial charge in [0.2, 0.25) is 0 Å². The molecule has 0 saturated carbocycles. The lowest BCUT2D eigenvalue weighted by Gasteiger charge is -2.07. The molecule has 19 heavy (non-hydrogen) atoms. The summed E-state index contributed by atoms with van der Waals surface area (Å²) in [5.41, 5.74) is 0. The third kappa shape index (κ3) is 3.42. The van der Waals surface area contributed by atoms with Crippen molar-refractivity contribution in [2.45, 2.75) is 40.2 Å². The largest absolute Gasteiger partial charge is 0.373 e. The van der Waals surface area contributed by atoms with Crippen LogP contribution < -0.4 is 5.32 Å². The number of hydrogen-bond acceptors (Lipinski definition) is 5. The molecule has 0 atom stereocenters. The molecular weight excluding hydrogens is 258 g/mol. The molecule has 2 rings (SSSR count). The first-order chi connectivity index (χ1) is 9.28. The van der Waals surface area contributed by atoms with E-state index in [1.807, 2.05) is 0 Å². The molecule has 0 unspecified atom stereocenters. The number of aryl methyl sites for hydroxylation is 1. The van der Waals surface area contributed by atoms with Crippen LogP contribution in [0.3, 0.4) is 0 Å². The van der Waals surface area contributed by atoms with Crippen LogP contribution in [0.15, 0.2) is 6.07 Å². The minimum absolute atomic E-state index is 0.488. The van der Waals surface area contributed by atoms with E-state index in [1.54, 1.807) is 11.3 Å². The zero-order chi connectivity index (χ0) is 13.7. The van der Waals surface area contributed by atoms with Crippen molar-refractivity contribution in [2.24, 2.45) is 0 Å². The number of thiophene rings is 1. The van der Waals surface area contributed by atoms with Crippen molar-refractivity contribution in [3.8, 4) is 0 Å². The predicted molar refractivity (Wildman–Crippen MR) is 80.9 cm³/mol. The Kier molecular flexibility index (Phi) is 5.10. The van der Waals surface area contributed by atoms with E-state index < -0.39 is 0 Å². The van der Waals surface area contributed by atoms with E-state index in [9.17, 15) is 0 Å². The van der Waals surface area contributed by atoms with E-state index in [0.29, 0.717) is 6.61 Å². The number of rotatable bonds is 7. The van der Waals surface area contributed by atoms with Crippen molar-refractivity contribution in [1.29, 1.82) is 0 Å². The summed E-state index contributed by atoms with van der Waals surface area (Å²) >= 11 is 1.74. The Labute approximate surface area is 118 Å². The Balaban J connectivity index is 2.32. The molecule has 0 aliphatic carbocycles. The Hall–Kier alpha value is -1.20. The minimum Gasteiger partial charge on any atom is -0.373 e. The molecule has 5 heteroatoms. The number of aromatic nitrogens is 2. The second-order valence-electron chi connectivity index (χ2n) is 4.36.